The summed E-state index contributed by atoms with van der Waals surface area (Å²) in [7, 11) is 2.91. The predicted molar refractivity (Wildman–Crippen MR) is 87.6 cm³/mol. The minimum Gasteiger partial charge on any atom is -0.378 e. The smallest absolute Gasteiger partial charge is 0.332 e. The van der Waals surface area contributed by atoms with Gasteiger partial charge in [-0.3, -0.25) is 13.9 Å². The average Bonchev–Trinajstić information content (AvgIpc) is 2.58. The summed E-state index contributed by atoms with van der Waals surface area (Å²) < 4.78 is 8.07. The average molecular weight is 320 g/mol. The molecule has 0 saturated heterocycles. The highest BCUT2D eigenvalue weighted by Crippen LogP contribution is 2.20. The highest BCUT2D eigenvalue weighted by Gasteiger charge is 2.15. The lowest BCUT2D eigenvalue weighted by Crippen LogP contribution is -2.40. The molecule has 7 nitrogen and oxygen atoms in total. The van der Waals surface area contributed by atoms with Crippen LogP contribution < -0.4 is 16.6 Å². The molecular formula is C16H24N4O3. The zero-order valence-electron chi connectivity index (χ0n) is 13.8. The number of anilines is 1. The molecule has 0 bridgehead atoms. The fourth-order valence-corrected chi connectivity index (χ4v) is 2.91. The van der Waals surface area contributed by atoms with Crippen molar-refractivity contribution in [3.8, 4) is 6.07 Å². The van der Waals surface area contributed by atoms with E-state index >= 15 is 0 Å². The second-order valence-corrected chi connectivity index (χ2v) is 5.95. The third kappa shape index (κ3) is 4.02. The van der Waals surface area contributed by atoms with Gasteiger partial charge in [0.15, 0.2) is 5.56 Å². The highest BCUT2D eigenvalue weighted by atomic mass is 16.5. The maximum absolute atomic E-state index is 12.0. The van der Waals surface area contributed by atoms with Crippen molar-refractivity contribution in [1.82, 2.24) is 9.13 Å². The molecule has 1 saturated carbocycles. The Bertz CT molecular complexity index is 693. The summed E-state index contributed by atoms with van der Waals surface area (Å²) in [4.78, 5) is 23.9. The molecule has 2 rings (SSSR count). The zero-order valence-corrected chi connectivity index (χ0v) is 13.8. The van der Waals surface area contributed by atoms with Crippen LogP contribution in [0.1, 0.15) is 44.1 Å². The van der Waals surface area contributed by atoms with E-state index in [9.17, 15) is 9.59 Å². The Morgan fingerprint density at radius 3 is 2.57 bits per heavy atom. The first kappa shape index (κ1) is 17.3. The first-order valence-electron chi connectivity index (χ1n) is 8.12. The van der Waals surface area contributed by atoms with Crippen LogP contribution >= 0.6 is 0 Å². The van der Waals surface area contributed by atoms with Crippen LogP contribution in [0.25, 0.3) is 0 Å². The number of nitrogens with zero attached hydrogens (tertiary/aromatic N) is 3. The van der Waals surface area contributed by atoms with Gasteiger partial charge >= 0.3 is 5.69 Å². The molecule has 0 amide bonds. The molecule has 126 valence electrons. The summed E-state index contributed by atoms with van der Waals surface area (Å²) in [5.41, 5.74) is -1.06. The van der Waals surface area contributed by atoms with E-state index in [1.807, 2.05) is 6.07 Å². The lowest BCUT2D eigenvalue weighted by molar-refractivity contribution is 0.0284. The molecule has 1 aromatic rings. The van der Waals surface area contributed by atoms with Crippen LogP contribution in [0.4, 0.5) is 5.82 Å². The Balaban J connectivity index is 1.92. The van der Waals surface area contributed by atoms with Gasteiger partial charge in [0.2, 0.25) is 0 Å². The second kappa shape index (κ2) is 7.97. The Hall–Kier alpha value is -2.07. The van der Waals surface area contributed by atoms with Crippen molar-refractivity contribution in [2.75, 3.05) is 18.5 Å². The summed E-state index contributed by atoms with van der Waals surface area (Å²) in [6.45, 7) is 1.18. The fraction of sp³-hybridized carbons (Fsp3) is 0.688. The molecule has 0 radical (unpaired) electrons. The van der Waals surface area contributed by atoms with Gasteiger partial charge in [-0.1, -0.05) is 19.3 Å². The first-order chi connectivity index (χ1) is 11.1. The van der Waals surface area contributed by atoms with Crippen LogP contribution in [-0.4, -0.2) is 28.4 Å². The number of hydrogen-bond acceptors (Lipinski definition) is 5. The molecule has 1 aromatic heterocycles. The SMILES string of the molecule is Cn1c(NCCCOC2CCCCC2)c(C#N)c(=O)n(C)c1=O. The third-order valence-electron chi connectivity index (χ3n) is 4.30. The molecular weight excluding hydrogens is 296 g/mol. The van der Waals surface area contributed by atoms with Crippen LogP contribution in [0.2, 0.25) is 0 Å². The van der Waals surface area contributed by atoms with Gasteiger partial charge in [0.25, 0.3) is 5.56 Å². The van der Waals surface area contributed by atoms with Crippen LogP contribution in [0.15, 0.2) is 9.59 Å². The van der Waals surface area contributed by atoms with Crippen molar-refractivity contribution >= 4 is 5.82 Å². The van der Waals surface area contributed by atoms with E-state index in [1.165, 1.54) is 30.9 Å². The quantitative estimate of drug-likeness (QED) is 0.793. The van der Waals surface area contributed by atoms with E-state index in [0.717, 1.165) is 23.8 Å². The van der Waals surface area contributed by atoms with Crippen LogP contribution in [0.3, 0.4) is 0 Å². The van der Waals surface area contributed by atoms with Crippen molar-refractivity contribution in [2.45, 2.75) is 44.6 Å². The monoisotopic (exact) mass is 320 g/mol. The van der Waals surface area contributed by atoms with Crippen molar-refractivity contribution in [3.05, 3.63) is 26.4 Å². The van der Waals surface area contributed by atoms with E-state index in [0.29, 0.717) is 19.3 Å². The number of aromatic nitrogens is 2. The van der Waals surface area contributed by atoms with Gasteiger partial charge in [-0.2, -0.15) is 5.26 Å². The first-order valence-corrected chi connectivity index (χ1v) is 8.12. The molecule has 0 spiro atoms. The predicted octanol–water partition coefficient (Wildman–Crippen LogP) is 1.11. The molecule has 7 heteroatoms. The van der Waals surface area contributed by atoms with Crippen LogP contribution in [0, 0.1) is 11.3 Å². The fourth-order valence-electron chi connectivity index (χ4n) is 2.91. The molecule has 0 atom stereocenters. The van der Waals surface area contributed by atoms with E-state index in [1.54, 1.807) is 7.05 Å². The number of ether oxygens (including phenoxy) is 1. The maximum atomic E-state index is 12.0. The van der Waals surface area contributed by atoms with Crippen molar-refractivity contribution < 1.29 is 4.74 Å². The number of rotatable bonds is 6. The van der Waals surface area contributed by atoms with Crippen molar-refractivity contribution in [3.63, 3.8) is 0 Å². The summed E-state index contributed by atoms with van der Waals surface area (Å²) in [5, 5.41) is 12.2. The molecule has 1 heterocycles. The lowest BCUT2D eigenvalue weighted by Gasteiger charge is -2.22. The minimum absolute atomic E-state index is 0.0391. The largest absolute Gasteiger partial charge is 0.378 e. The van der Waals surface area contributed by atoms with E-state index < -0.39 is 11.2 Å². The molecule has 1 aliphatic rings. The Morgan fingerprint density at radius 1 is 1.22 bits per heavy atom. The van der Waals surface area contributed by atoms with E-state index in [-0.39, 0.29) is 11.4 Å². The lowest BCUT2D eigenvalue weighted by atomic mass is 9.98. The Morgan fingerprint density at radius 2 is 1.91 bits per heavy atom. The molecule has 0 unspecified atom stereocenters. The van der Waals surface area contributed by atoms with Gasteiger partial charge in [0.05, 0.1) is 6.10 Å². The summed E-state index contributed by atoms with van der Waals surface area (Å²) in [6, 6.07) is 1.88. The highest BCUT2D eigenvalue weighted by molar-refractivity contribution is 5.51. The van der Waals surface area contributed by atoms with Gasteiger partial charge in [-0.05, 0) is 19.3 Å². The normalized spacial score (nSPS) is 15.3. The molecule has 1 fully saturated rings. The number of nitriles is 1. The standard InChI is InChI=1S/C16H24N4O3/c1-19-14(13(11-17)15(21)20(2)16(19)22)18-9-6-10-23-12-7-4-3-5-8-12/h12,18H,3-10H2,1-2H3. The van der Waals surface area contributed by atoms with Crippen LogP contribution in [0.5, 0.6) is 0 Å². The Labute approximate surface area is 135 Å². The number of nitrogens with one attached hydrogen (secondary N) is 1. The van der Waals surface area contributed by atoms with Crippen molar-refractivity contribution in [1.29, 1.82) is 5.26 Å². The summed E-state index contributed by atoms with van der Waals surface area (Å²) in [6.07, 6.45) is 7.17. The second-order valence-electron chi connectivity index (χ2n) is 5.95. The molecule has 23 heavy (non-hydrogen) atoms. The Kier molecular flexibility index (Phi) is 5.99. The minimum atomic E-state index is -0.573. The van der Waals surface area contributed by atoms with Gasteiger partial charge in [0, 0.05) is 27.2 Å². The topological polar surface area (TPSA) is 89.1 Å². The number of hydrogen-bond donors (Lipinski definition) is 1. The summed E-state index contributed by atoms with van der Waals surface area (Å²) in [5.74, 6) is 0.276. The maximum Gasteiger partial charge on any atom is 0.332 e. The molecule has 1 N–H and O–H groups in total. The summed E-state index contributed by atoms with van der Waals surface area (Å²) >= 11 is 0. The van der Waals surface area contributed by atoms with Gasteiger partial charge in [0.1, 0.15) is 11.9 Å². The van der Waals surface area contributed by atoms with E-state index in [4.69, 9.17) is 10.00 Å². The van der Waals surface area contributed by atoms with E-state index in [2.05, 4.69) is 5.32 Å². The van der Waals surface area contributed by atoms with Gasteiger partial charge in [-0.25, -0.2) is 4.79 Å². The molecule has 0 aliphatic heterocycles. The molecule has 0 aromatic carbocycles. The van der Waals surface area contributed by atoms with Gasteiger partial charge < -0.3 is 10.1 Å². The van der Waals surface area contributed by atoms with Crippen LogP contribution in [-0.2, 0) is 18.8 Å². The zero-order chi connectivity index (χ0) is 16.8. The third-order valence-corrected chi connectivity index (χ3v) is 4.30. The van der Waals surface area contributed by atoms with Gasteiger partial charge in [-0.15, -0.1) is 0 Å². The van der Waals surface area contributed by atoms with Crippen molar-refractivity contribution in [2.24, 2.45) is 14.1 Å². The molecule has 1 aliphatic carbocycles.